The number of nitrogens with one attached hydrogen (secondary N) is 2. The zero-order chi connectivity index (χ0) is 21.5. The minimum absolute atomic E-state index is 0.0253. The highest BCUT2D eigenvalue weighted by Gasteiger charge is 2.68. The summed E-state index contributed by atoms with van der Waals surface area (Å²) in [4.78, 5) is 13.9. The first-order valence-electron chi connectivity index (χ1n) is 10.6. The maximum Gasteiger partial charge on any atom is 0.258 e. The predicted octanol–water partition coefficient (Wildman–Crippen LogP) is 2.25. The number of rotatable bonds is 10. The first kappa shape index (κ1) is 20.7. The van der Waals surface area contributed by atoms with Crippen molar-refractivity contribution in [3.63, 3.8) is 0 Å². The third kappa shape index (κ3) is 4.26. The van der Waals surface area contributed by atoms with Gasteiger partial charge in [0.05, 0.1) is 36.2 Å². The lowest BCUT2D eigenvalue weighted by molar-refractivity contribution is -0.144. The minimum atomic E-state index is -0.567. The van der Waals surface area contributed by atoms with Crippen molar-refractivity contribution in [3.05, 3.63) is 41.4 Å². The van der Waals surface area contributed by atoms with E-state index >= 15 is 0 Å². The van der Waals surface area contributed by atoms with Gasteiger partial charge in [0.1, 0.15) is 11.6 Å². The number of carbonyl (C=O) groups is 1. The Kier molecular flexibility index (Phi) is 5.35. The summed E-state index contributed by atoms with van der Waals surface area (Å²) < 4.78 is 24.7. The van der Waals surface area contributed by atoms with Gasteiger partial charge < -0.3 is 20.1 Å². The van der Waals surface area contributed by atoms with Crippen molar-refractivity contribution in [2.45, 2.75) is 55.3 Å². The highest BCUT2D eigenvalue weighted by molar-refractivity contribution is 6.30. The average Bonchev–Trinajstić information content (AvgIpc) is 3.18. The van der Waals surface area contributed by atoms with E-state index in [2.05, 4.69) is 20.8 Å². The van der Waals surface area contributed by atoms with Gasteiger partial charge >= 0.3 is 0 Å². The number of amides is 1. The van der Waals surface area contributed by atoms with Gasteiger partial charge in [-0.05, 0) is 44.2 Å². The van der Waals surface area contributed by atoms with E-state index in [0.29, 0.717) is 12.6 Å². The second-order valence-corrected chi connectivity index (χ2v) is 9.31. The molecule has 166 valence electrons. The fourth-order valence-corrected chi connectivity index (χ4v) is 5.09. The molecule has 0 aliphatic heterocycles. The average molecular weight is 450 g/mol. The predicted molar refractivity (Wildman–Crippen MR) is 110 cm³/mol. The number of ether oxygens (including phenoxy) is 2. The SMILES string of the molecule is O=C(COc1ccc(Cl)c(F)c1)NC12CC(NCCO[C@H]3C[C@@H](n4nccn4)C3)(C1)C2. The molecule has 2 N–H and O–H groups in total. The Morgan fingerprint density at radius 2 is 1.97 bits per heavy atom. The van der Waals surface area contributed by atoms with Gasteiger partial charge in [0.15, 0.2) is 6.61 Å². The topological polar surface area (TPSA) is 90.3 Å². The molecule has 2 bridgehead atoms. The van der Waals surface area contributed by atoms with Gasteiger partial charge in [0.2, 0.25) is 0 Å². The van der Waals surface area contributed by atoms with Crippen LogP contribution in [0.5, 0.6) is 5.75 Å². The van der Waals surface area contributed by atoms with Crippen LogP contribution in [-0.4, -0.2) is 57.8 Å². The second-order valence-electron chi connectivity index (χ2n) is 8.90. The van der Waals surface area contributed by atoms with Gasteiger partial charge in [0.25, 0.3) is 5.91 Å². The van der Waals surface area contributed by atoms with Crippen LogP contribution in [0.2, 0.25) is 5.02 Å². The maximum absolute atomic E-state index is 13.4. The van der Waals surface area contributed by atoms with Crippen molar-refractivity contribution < 1.29 is 18.7 Å². The van der Waals surface area contributed by atoms with Crippen LogP contribution in [-0.2, 0) is 9.53 Å². The lowest BCUT2D eigenvalue weighted by Crippen LogP contribution is -2.83. The molecule has 1 aromatic carbocycles. The van der Waals surface area contributed by atoms with Crippen molar-refractivity contribution >= 4 is 17.5 Å². The largest absolute Gasteiger partial charge is 0.484 e. The van der Waals surface area contributed by atoms with Crippen molar-refractivity contribution in [1.29, 1.82) is 0 Å². The molecule has 4 aliphatic rings. The van der Waals surface area contributed by atoms with Gasteiger partial charge in [-0.3, -0.25) is 4.79 Å². The van der Waals surface area contributed by atoms with Crippen LogP contribution >= 0.6 is 11.6 Å². The van der Waals surface area contributed by atoms with Crippen molar-refractivity contribution in [2.75, 3.05) is 19.8 Å². The molecule has 8 nitrogen and oxygen atoms in total. The molecule has 1 heterocycles. The molecular weight excluding hydrogens is 425 g/mol. The maximum atomic E-state index is 13.4. The van der Waals surface area contributed by atoms with Gasteiger partial charge in [-0.1, -0.05) is 11.6 Å². The number of nitrogens with zero attached hydrogens (tertiary/aromatic N) is 3. The Labute approximate surface area is 184 Å². The molecule has 10 heteroatoms. The fraction of sp³-hybridized carbons (Fsp3) is 0.571. The lowest BCUT2D eigenvalue weighted by atomic mass is 9.44. The highest BCUT2D eigenvalue weighted by atomic mass is 35.5. The standard InChI is InChI=1S/C21H25ClFN5O3/c22-17-2-1-15(9-18(17)23)31-10-19(29)27-21-11-20(12-21,13-21)24-5-6-30-16-7-14(8-16)28-25-3-4-26-28/h1-4,9,14,16,24H,5-8,10-13H2,(H,27,29)/t14-,16+,20?,21?. The van der Waals surface area contributed by atoms with Gasteiger partial charge in [0, 0.05) is 23.7 Å². The molecule has 0 saturated heterocycles. The van der Waals surface area contributed by atoms with E-state index in [1.165, 1.54) is 12.1 Å². The number of hydrogen-bond donors (Lipinski definition) is 2. The zero-order valence-corrected chi connectivity index (χ0v) is 17.8. The summed E-state index contributed by atoms with van der Waals surface area (Å²) in [6, 6.07) is 4.48. The number of carbonyl (C=O) groups excluding carboxylic acids is 1. The van der Waals surface area contributed by atoms with Crippen LogP contribution in [0.15, 0.2) is 30.6 Å². The van der Waals surface area contributed by atoms with E-state index in [4.69, 9.17) is 21.1 Å². The third-order valence-electron chi connectivity index (χ3n) is 6.48. The molecule has 0 atom stereocenters. The molecule has 4 fully saturated rings. The molecule has 1 amide bonds. The smallest absolute Gasteiger partial charge is 0.258 e. The molecule has 2 aromatic rings. The first-order chi connectivity index (χ1) is 14.9. The monoisotopic (exact) mass is 449 g/mol. The van der Waals surface area contributed by atoms with Gasteiger partial charge in [-0.15, -0.1) is 0 Å². The summed E-state index contributed by atoms with van der Waals surface area (Å²) in [5.74, 6) is -0.479. The molecule has 0 radical (unpaired) electrons. The number of benzene rings is 1. The van der Waals surface area contributed by atoms with Gasteiger partial charge in [-0.2, -0.15) is 15.0 Å². The second kappa shape index (κ2) is 8.03. The zero-order valence-electron chi connectivity index (χ0n) is 17.0. The summed E-state index contributed by atoms with van der Waals surface area (Å²) in [7, 11) is 0. The van der Waals surface area contributed by atoms with Crippen molar-refractivity contribution in [1.82, 2.24) is 25.6 Å². The normalized spacial score (nSPS) is 30.6. The first-order valence-corrected chi connectivity index (χ1v) is 10.9. The molecule has 4 aliphatic carbocycles. The Morgan fingerprint density at radius 1 is 1.23 bits per heavy atom. The van der Waals surface area contributed by atoms with E-state index in [9.17, 15) is 9.18 Å². The Hall–Kier alpha value is -2.23. The summed E-state index contributed by atoms with van der Waals surface area (Å²) in [5.41, 5.74) is -0.00453. The third-order valence-corrected chi connectivity index (χ3v) is 6.79. The van der Waals surface area contributed by atoms with Gasteiger partial charge in [-0.25, -0.2) is 4.39 Å². The van der Waals surface area contributed by atoms with Crippen LogP contribution in [0, 0.1) is 5.82 Å². The summed E-state index contributed by atoms with van der Waals surface area (Å²) >= 11 is 5.64. The molecule has 1 aromatic heterocycles. The number of aromatic nitrogens is 3. The minimum Gasteiger partial charge on any atom is -0.484 e. The summed E-state index contributed by atoms with van der Waals surface area (Å²) in [6.45, 7) is 1.33. The molecule has 31 heavy (non-hydrogen) atoms. The lowest BCUT2D eigenvalue weighted by Gasteiger charge is -2.70. The van der Waals surface area contributed by atoms with Crippen LogP contribution in [0.3, 0.4) is 0 Å². The van der Waals surface area contributed by atoms with Crippen LogP contribution in [0.1, 0.15) is 38.1 Å². The van der Waals surface area contributed by atoms with E-state index < -0.39 is 5.82 Å². The highest BCUT2D eigenvalue weighted by Crippen LogP contribution is 2.60. The van der Waals surface area contributed by atoms with Crippen molar-refractivity contribution in [2.24, 2.45) is 0 Å². The van der Waals surface area contributed by atoms with E-state index in [1.807, 2.05) is 0 Å². The van der Waals surface area contributed by atoms with Crippen LogP contribution < -0.4 is 15.4 Å². The number of halogens is 2. The van der Waals surface area contributed by atoms with Crippen LogP contribution in [0.25, 0.3) is 0 Å². The molecule has 6 rings (SSSR count). The summed E-state index contributed by atoms with van der Waals surface area (Å²) in [6.07, 6.45) is 8.34. The van der Waals surface area contributed by atoms with E-state index in [1.54, 1.807) is 23.3 Å². The Morgan fingerprint density at radius 3 is 2.68 bits per heavy atom. The Bertz CT molecular complexity index is 931. The molecule has 0 unspecified atom stereocenters. The molecule has 4 saturated carbocycles. The van der Waals surface area contributed by atoms with Crippen molar-refractivity contribution in [3.8, 4) is 5.75 Å². The molecule has 0 spiro atoms. The number of hydrogen-bond acceptors (Lipinski definition) is 6. The Balaban J connectivity index is 0.944. The van der Waals surface area contributed by atoms with E-state index in [0.717, 1.165) is 38.6 Å². The fourth-order valence-electron chi connectivity index (χ4n) is 4.97. The van der Waals surface area contributed by atoms with Crippen LogP contribution in [0.4, 0.5) is 4.39 Å². The quantitative estimate of drug-likeness (QED) is 0.541. The molecular formula is C21H25ClFN5O3. The summed E-state index contributed by atoms with van der Waals surface area (Å²) in [5, 5.41) is 15.0. The van der Waals surface area contributed by atoms with E-state index in [-0.39, 0.29) is 40.5 Å².